The van der Waals surface area contributed by atoms with Gasteiger partial charge in [0.05, 0.1) is 6.61 Å². The van der Waals surface area contributed by atoms with Crippen LogP contribution in [0.5, 0.6) is 0 Å². The van der Waals surface area contributed by atoms with Crippen molar-refractivity contribution in [2.24, 2.45) is 0 Å². The molecule has 2 rings (SSSR count). The van der Waals surface area contributed by atoms with Crippen molar-refractivity contribution in [3.05, 3.63) is 17.7 Å². The minimum Gasteiger partial charge on any atom is -0.386 e. The minimum atomic E-state index is -1.03. The van der Waals surface area contributed by atoms with Gasteiger partial charge >= 0.3 is 0 Å². The molecular weight excluding hydrogens is 256 g/mol. The first kappa shape index (κ1) is 14.0. The molecule has 3 N–H and O–H groups in total. The third kappa shape index (κ3) is 3.30. The second-order valence-corrected chi connectivity index (χ2v) is 4.56. The van der Waals surface area contributed by atoms with Crippen molar-refractivity contribution in [1.82, 2.24) is 4.98 Å². The molecule has 7 heteroatoms. The summed E-state index contributed by atoms with van der Waals surface area (Å²) in [6.07, 6.45) is 0.475. The maximum absolute atomic E-state index is 13.6. The van der Waals surface area contributed by atoms with Crippen molar-refractivity contribution < 1.29 is 18.6 Å². The number of hydrogen-bond acceptors (Lipinski definition) is 5. The molecule has 0 spiro atoms. The van der Waals surface area contributed by atoms with E-state index in [1.807, 2.05) is 0 Å². The van der Waals surface area contributed by atoms with Gasteiger partial charge in [-0.1, -0.05) is 0 Å². The molecule has 1 fully saturated rings. The lowest BCUT2D eigenvalue weighted by Crippen LogP contribution is -2.37. The number of halogens is 2. The van der Waals surface area contributed by atoms with Crippen LogP contribution in [0.3, 0.4) is 0 Å². The molecule has 1 aromatic heterocycles. The van der Waals surface area contributed by atoms with E-state index in [-0.39, 0.29) is 24.8 Å². The maximum Gasteiger partial charge on any atom is 0.168 e. The van der Waals surface area contributed by atoms with Gasteiger partial charge in [-0.25, -0.2) is 13.8 Å². The van der Waals surface area contributed by atoms with E-state index in [4.69, 9.17) is 4.74 Å². The van der Waals surface area contributed by atoms with Gasteiger partial charge in [-0.2, -0.15) is 0 Å². The predicted molar refractivity (Wildman–Crippen MR) is 67.2 cm³/mol. The van der Waals surface area contributed by atoms with Crippen molar-refractivity contribution in [2.75, 3.05) is 36.9 Å². The molecule has 0 aromatic carbocycles. The van der Waals surface area contributed by atoms with Gasteiger partial charge in [0.25, 0.3) is 0 Å². The molecule has 5 nitrogen and oxygen atoms in total. The molecule has 1 unspecified atom stereocenters. The highest BCUT2D eigenvalue weighted by Gasteiger charge is 2.32. The van der Waals surface area contributed by atoms with Crippen LogP contribution in [0.4, 0.5) is 20.4 Å². The highest BCUT2D eigenvalue weighted by atomic mass is 19.1. The fourth-order valence-electron chi connectivity index (χ4n) is 1.87. The summed E-state index contributed by atoms with van der Waals surface area (Å²) in [6.45, 7) is 3.04. The summed E-state index contributed by atoms with van der Waals surface area (Å²) >= 11 is 0. The Balaban J connectivity index is 2.08. The van der Waals surface area contributed by atoms with Crippen LogP contribution in [0.2, 0.25) is 0 Å². The number of rotatable bonds is 5. The smallest absolute Gasteiger partial charge is 0.168 e. The van der Waals surface area contributed by atoms with Gasteiger partial charge in [-0.05, 0) is 6.92 Å². The number of pyridine rings is 1. The summed E-state index contributed by atoms with van der Waals surface area (Å²) in [5.41, 5.74) is -1.03. The van der Waals surface area contributed by atoms with Crippen molar-refractivity contribution in [3.63, 3.8) is 0 Å². The highest BCUT2D eigenvalue weighted by Crippen LogP contribution is 2.22. The van der Waals surface area contributed by atoms with E-state index in [0.29, 0.717) is 19.6 Å². The largest absolute Gasteiger partial charge is 0.386 e. The van der Waals surface area contributed by atoms with Crippen LogP contribution in [0.25, 0.3) is 0 Å². The number of aliphatic hydroxyl groups is 1. The molecule has 1 aromatic rings. The van der Waals surface area contributed by atoms with Gasteiger partial charge in [0, 0.05) is 32.2 Å². The van der Waals surface area contributed by atoms with Crippen molar-refractivity contribution in [2.45, 2.75) is 18.9 Å². The van der Waals surface area contributed by atoms with E-state index in [0.717, 1.165) is 6.07 Å². The van der Waals surface area contributed by atoms with Gasteiger partial charge in [-0.3, -0.25) is 0 Å². The van der Waals surface area contributed by atoms with Gasteiger partial charge in [0.2, 0.25) is 0 Å². The minimum absolute atomic E-state index is 0.0129. The molecule has 0 saturated carbocycles. The van der Waals surface area contributed by atoms with Gasteiger partial charge in [0.15, 0.2) is 23.3 Å². The lowest BCUT2D eigenvalue weighted by molar-refractivity contribution is 0.0381. The van der Waals surface area contributed by atoms with Crippen molar-refractivity contribution >= 4 is 11.6 Å². The number of ether oxygens (including phenoxy) is 1. The Morgan fingerprint density at radius 3 is 2.63 bits per heavy atom. The van der Waals surface area contributed by atoms with E-state index in [9.17, 15) is 13.9 Å². The van der Waals surface area contributed by atoms with E-state index >= 15 is 0 Å². The second-order valence-electron chi connectivity index (χ2n) is 4.56. The number of nitrogens with one attached hydrogen (secondary N) is 2. The molecule has 0 amide bonds. The topological polar surface area (TPSA) is 66.4 Å². The summed E-state index contributed by atoms with van der Waals surface area (Å²) < 4.78 is 32.0. The van der Waals surface area contributed by atoms with Crippen LogP contribution in [0.1, 0.15) is 13.3 Å². The average Bonchev–Trinajstić information content (AvgIpc) is 2.79. The van der Waals surface area contributed by atoms with Crippen LogP contribution in [-0.4, -0.2) is 42.0 Å². The Bertz CT molecular complexity index is 451. The summed E-state index contributed by atoms with van der Waals surface area (Å²) in [4.78, 5) is 3.83. The summed E-state index contributed by atoms with van der Waals surface area (Å²) in [7, 11) is 0. The molecule has 2 heterocycles. The third-order valence-electron chi connectivity index (χ3n) is 2.94. The molecular formula is C12H17F2N3O2. The zero-order valence-corrected chi connectivity index (χ0v) is 10.7. The second kappa shape index (κ2) is 5.66. The molecule has 1 saturated heterocycles. The molecule has 0 bridgehead atoms. The fraction of sp³-hybridized carbons (Fsp3) is 0.583. The molecule has 0 aliphatic carbocycles. The first-order valence-corrected chi connectivity index (χ1v) is 6.18. The molecule has 106 valence electrons. The first-order chi connectivity index (χ1) is 9.04. The average molecular weight is 273 g/mol. The van der Waals surface area contributed by atoms with E-state index in [1.54, 1.807) is 6.92 Å². The van der Waals surface area contributed by atoms with E-state index in [2.05, 4.69) is 15.6 Å². The van der Waals surface area contributed by atoms with Gasteiger partial charge < -0.3 is 20.5 Å². The molecule has 1 aliphatic heterocycles. The zero-order chi connectivity index (χ0) is 13.9. The van der Waals surface area contributed by atoms with Crippen LogP contribution in [0.15, 0.2) is 6.07 Å². The molecule has 1 aliphatic rings. The maximum atomic E-state index is 13.6. The summed E-state index contributed by atoms with van der Waals surface area (Å²) in [5.74, 6) is -1.63. The standard InChI is InChI=1S/C12H17F2N3O2/c1-2-15-10-8(13)5-9(14)11(17-10)16-6-12(18)3-4-19-7-12/h5,18H,2-4,6-7H2,1H3,(H2,15,16,17). The van der Waals surface area contributed by atoms with Gasteiger partial charge in [-0.15, -0.1) is 0 Å². The highest BCUT2D eigenvalue weighted by molar-refractivity contribution is 5.47. The number of anilines is 2. The predicted octanol–water partition coefficient (Wildman–Crippen LogP) is 1.35. The monoisotopic (exact) mass is 273 g/mol. The zero-order valence-electron chi connectivity index (χ0n) is 10.7. The molecule has 19 heavy (non-hydrogen) atoms. The van der Waals surface area contributed by atoms with Crippen LogP contribution >= 0.6 is 0 Å². The Hall–Kier alpha value is -1.47. The fourth-order valence-corrected chi connectivity index (χ4v) is 1.87. The Morgan fingerprint density at radius 1 is 1.37 bits per heavy atom. The van der Waals surface area contributed by atoms with Crippen molar-refractivity contribution in [1.29, 1.82) is 0 Å². The first-order valence-electron chi connectivity index (χ1n) is 6.18. The van der Waals surface area contributed by atoms with Crippen LogP contribution < -0.4 is 10.6 Å². The van der Waals surface area contributed by atoms with E-state index < -0.39 is 17.2 Å². The lowest BCUT2D eigenvalue weighted by Gasteiger charge is -2.21. The summed E-state index contributed by atoms with van der Waals surface area (Å²) in [6, 6.07) is 0.766. The van der Waals surface area contributed by atoms with Gasteiger partial charge in [0.1, 0.15) is 5.60 Å². The van der Waals surface area contributed by atoms with Crippen LogP contribution in [-0.2, 0) is 4.74 Å². The molecule has 0 radical (unpaired) electrons. The van der Waals surface area contributed by atoms with Crippen LogP contribution in [0, 0.1) is 11.6 Å². The van der Waals surface area contributed by atoms with Crippen molar-refractivity contribution in [3.8, 4) is 0 Å². The molecule has 1 atom stereocenters. The number of aromatic nitrogens is 1. The third-order valence-corrected chi connectivity index (χ3v) is 2.94. The Labute approximate surface area is 110 Å². The normalized spacial score (nSPS) is 22.5. The number of hydrogen-bond donors (Lipinski definition) is 3. The quantitative estimate of drug-likeness (QED) is 0.756. The SMILES string of the molecule is CCNc1nc(NCC2(O)CCOC2)c(F)cc1F. The summed E-state index contributed by atoms with van der Waals surface area (Å²) in [5, 5.41) is 15.4. The van der Waals surface area contributed by atoms with E-state index in [1.165, 1.54) is 0 Å². The Kier molecular flexibility index (Phi) is 4.16. The Morgan fingerprint density at radius 2 is 2.05 bits per heavy atom. The lowest BCUT2D eigenvalue weighted by atomic mass is 10.0. The number of nitrogens with zero attached hydrogens (tertiary/aromatic N) is 1.